The number of hydrogen-bond acceptors (Lipinski definition) is 3. The molecule has 3 heterocycles. The second-order valence-electron chi connectivity index (χ2n) is 7.32. The number of benzene rings is 2. The monoisotopic (exact) mass is 378 g/mol. The van der Waals surface area contributed by atoms with Gasteiger partial charge in [0.15, 0.2) is 0 Å². The standard InChI is InChI=1S/C25H22N4/c1-29-17-27-16-24(29)25(20-8-5-12-26-15-20)19-9-10-23-22(14-19)21(11-13-28-23)18-6-3-2-4-7-18/h2-12,14-17,25,28H,13H2,1H3. The third-order valence-electron chi connectivity index (χ3n) is 5.52. The third-order valence-corrected chi connectivity index (χ3v) is 5.52. The van der Waals surface area contributed by atoms with Gasteiger partial charge in [0.2, 0.25) is 0 Å². The third kappa shape index (κ3) is 3.23. The summed E-state index contributed by atoms with van der Waals surface area (Å²) in [5, 5.41) is 3.51. The van der Waals surface area contributed by atoms with Crippen LogP contribution in [0.3, 0.4) is 0 Å². The lowest BCUT2D eigenvalue weighted by Gasteiger charge is -2.24. The molecule has 1 aliphatic rings. The Morgan fingerprint density at radius 2 is 1.83 bits per heavy atom. The lowest BCUT2D eigenvalue weighted by molar-refractivity contribution is 0.790. The zero-order valence-electron chi connectivity index (χ0n) is 16.3. The molecule has 1 unspecified atom stereocenters. The molecule has 1 atom stereocenters. The maximum absolute atomic E-state index is 4.37. The van der Waals surface area contributed by atoms with Gasteiger partial charge in [0.05, 0.1) is 12.2 Å². The van der Waals surface area contributed by atoms with Gasteiger partial charge in [-0.3, -0.25) is 4.98 Å². The SMILES string of the molecule is Cn1cncc1C(c1cccnc1)c1ccc2c(c1)C(c1ccccc1)=CCN2. The minimum atomic E-state index is 0.0699. The lowest BCUT2D eigenvalue weighted by Crippen LogP contribution is -2.12. The van der Waals surface area contributed by atoms with Crippen LogP contribution in [0.2, 0.25) is 0 Å². The molecule has 29 heavy (non-hydrogen) atoms. The fourth-order valence-corrected chi connectivity index (χ4v) is 4.11. The molecule has 0 saturated heterocycles. The fourth-order valence-electron chi connectivity index (χ4n) is 4.11. The smallest absolute Gasteiger partial charge is 0.0945 e. The highest BCUT2D eigenvalue weighted by molar-refractivity contribution is 5.88. The average molecular weight is 378 g/mol. The molecule has 0 amide bonds. The van der Waals surface area contributed by atoms with Gasteiger partial charge in [0.1, 0.15) is 0 Å². The van der Waals surface area contributed by atoms with Gasteiger partial charge in [-0.05, 0) is 40.5 Å². The molecular weight excluding hydrogens is 356 g/mol. The zero-order valence-corrected chi connectivity index (χ0v) is 16.3. The van der Waals surface area contributed by atoms with Gasteiger partial charge in [0, 0.05) is 49.1 Å². The molecule has 4 heteroatoms. The number of nitrogens with zero attached hydrogens (tertiary/aromatic N) is 3. The van der Waals surface area contributed by atoms with E-state index < -0.39 is 0 Å². The van der Waals surface area contributed by atoms with Crippen molar-refractivity contribution in [3.8, 4) is 0 Å². The largest absolute Gasteiger partial charge is 0.381 e. The van der Waals surface area contributed by atoms with Crippen molar-refractivity contribution in [3.05, 3.63) is 120 Å². The Morgan fingerprint density at radius 1 is 0.931 bits per heavy atom. The van der Waals surface area contributed by atoms with Crippen LogP contribution >= 0.6 is 0 Å². The van der Waals surface area contributed by atoms with E-state index in [9.17, 15) is 0 Å². The van der Waals surface area contributed by atoms with Crippen molar-refractivity contribution >= 4 is 11.3 Å². The van der Waals surface area contributed by atoms with Crippen LogP contribution in [0, 0.1) is 0 Å². The first-order valence-electron chi connectivity index (χ1n) is 9.81. The molecule has 0 bridgehead atoms. The fraction of sp³-hybridized carbons (Fsp3) is 0.120. The molecule has 1 N–H and O–H groups in total. The maximum atomic E-state index is 4.37. The Labute approximate surface area is 170 Å². The molecular formula is C25H22N4. The second kappa shape index (κ2) is 7.40. The number of hydrogen-bond donors (Lipinski definition) is 1. The Bertz CT molecular complexity index is 1160. The second-order valence-corrected chi connectivity index (χ2v) is 7.32. The molecule has 2 aromatic carbocycles. The number of aryl methyl sites for hydroxylation is 1. The van der Waals surface area contributed by atoms with Crippen LogP contribution in [0.25, 0.3) is 5.57 Å². The van der Waals surface area contributed by atoms with Gasteiger partial charge in [0.25, 0.3) is 0 Å². The molecule has 0 radical (unpaired) electrons. The average Bonchev–Trinajstić information content (AvgIpc) is 3.20. The topological polar surface area (TPSA) is 42.7 Å². The minimum absolute atomic E-state index is 0.0699. The molecule has 142 valence electrons. The van der Waals surface area contributed by atoms with Crippen molar-refractivity contribution in [2.75, 3.05) is 11.9 Å². The predicted molar refractivity (Wildman–Crippen MR) is 117 cm³/mol. The van der Waals surface area contributed by atoms with E-state index in [1.165, 1.54) is 28.0 Å². The zero-order chi connectivity index (χ0) is 19.6. The van der Waals surface area contributed by atoms with Crippen LogP contribution in [0.15, 0.2) is 91.7 Å². The van der Waals surface area contributed by atoms with Crippen LogP contribution in [-0.2, 0) is 7.05 Å². The lowest BCUT2D eigenvalue weighted by atomic mass is 9.85. The van der Waals surface area contributed by atoms with Crippen molar-refractivity contribution in [2.24, 2.45) is 7.05 Å². The van der Waals surface area contributed by atoms with E-state index >= 15 is 0 Å². The summed E-state index contributed by atoms with van der Waals surface area (Å²) in [5.41, 5.74) is 8.45. The Morgan fingerprint density at radius 3 is 2.59 bits per heavy atom. The van der Waals surface area contributed by atoms with Crippen LogP contribution in [0.1, 0.15) is 33.9 Å². The molecule has 1 aliphatic heterocycles. The number of imidazole rings is 1. The van der Waals surface area contributed by atoms with Crippen LogP contribution < -0.4 is 5.32 Å². The summed E-state index contributed by atoms with van der Waals surface area (Å²) in [5.74, 6) is 0.0699. The normalized spacial score (nSPS) is 13.9. The first kappa shape index (κ1) is 17.4. The Kier molecular flexibility index (Phi) is 4.45. The van der Waals surface area contributed by atoms with E-state index in [0.717, 1.165) is 17.8 Å². The van der Waals surface area contributed by atoms with Crippen molar-refractivity contribution in [3.63, 3.8) is 0 Å². The summed E-state index contributed by atoms with van der Waals surface area (Å²) in [4.78, 5) is 8.73. The van der Waals surface area contributed by atoms with Gasteiger partial charge >= 0.3 is 0 Å². The minimum Gasteiger partial charge on any atom is -0.381 e. The molecule has 2 aromatic heterocycles. The van der Waals surface area contributed by atoms with Crippen LogP contribution in [-0.4, -0.2) is 21.1 Å². The van der Waals surface area contributed by atoms with Crippen molar-refractivity contribution < 1.29 is 0 Å². The number of fused-ring (bicyclic) bond motifs is 1. The Hall–Kier alpha value is -3.66. The molecule has 4 nitrogen and oxygen atoms in total. The summed E-state index contributed by atoms with van der Waals surface area (Å²) in [6.45, 7) is 0.838. The van der Waals surface area contributed by atoms with E-state index in [1.807, 2.05) is 38.0 Å². The van der Waals surface area contributed by atoms with Crippen LogP contribution in [0.4, 0.5) is 5.69 Å². The van der Waals surface area contributed by atoms with E-state index in [-0.39, 0.29) is 5.92 Å². The van der Waals surface area contributed by atoms with Crippen molar-refractivity contribution in [1.82, 2.24) is 14.5 Å². The predicted octanol–water partition coefficient (Wildman–Crippen LogP) is 4.85. The Balaban J connectivity index is 1.66. The van der Waals surface area contributed by atoms with Crippen LogP contribution in [0.5, 0.6) is 0 Å². The summed E-state index contributed by atoms with van der Waals surface area (Å²) in [7, 11) is 2.04. The summed E-state index contributed by atoms with van der Waals surface area (Å²) in [6, 6.07) is 21.4. The van der Waals surface area contributed by atoms with Gasteiger partial charge in [-0.1, -0.05) is 48.5 Å². The highest BCUT2D eigenvalue weighted by Crippen LogP contribution is 2.38. The summed E-state index contributed by atoms with van der Waals surface area (Å²) < 4.78 is 2.09. The number of pyridine rings is 1. The van der Waals surface area contributed by atoms with Gasteiger partial charge < -0.3 is 9.88 Å². The molecule has 0 aliphatic carbocycles. The molecule has 0 spiro atoms. The first-order chi connectivity index (χ1) is 14.3. The number of rotatable bonds is 4. The van der Waals surface area contributed by atoms with Crippen molar-refractivity contribution in [1.29, 1.82) is 0 Å². The highest BCUT2D eigenvalue weighted by Gasteiger charge is 2.23. The maximum Gasteiger partial charge on any atom is 0.0945 e. The molecule has 0 fully saturated rings. The quantitative estimate of drug-likeness (QED) is 0.552. The van der Waals surface area contributed by atoms with E-state index in [1.54, 1.807) is 0 Å². The van der Waals surface area contributed by atoms with E-state index in [4.69, 9.17) is 0 Å². The van der Waals surface area contributed by atoms with E-state index in [2.05, 4.69) is 80.5 Å². The molecule has 5 rings (SSSR count). The van der Waals surface area contributed by atoms with Gasteiger partial charge in [-0.2, -0.15) is 0 Å². The number of anilines is 1. The molecule has 0 saturated carbocycles. The van der Waals surface area contributed by atoms with Gasteiger partial charge in [-0.25, -0.2) is 4.98 Å². The van der Waals surface area contributed by atoms with Gasteiger partial charge in [-0.15, -0.1) is 0 Å². The van der Waals surface area contributed by atoms with Crippen molar-refractivity contribution in [2.45, 2.75) is 5.92 Å². The number of nitrogens with one attached hydrogen (secondary N) is 1. The number of aromatic nitrogens is 3. The van der Waals surface area contributed by atoms with E-state index in [0.29, 0.717) is 0 Å². The summed E-state index contributed by atoms with van der Waals surface area (Å²) in [6.07, 6.45) is 9.84. The summed E-state index contributed by atoms with van der Waals surface area (Å²) >= 11 is 0. The first-order valence-corrected chi connectivity index (χ1v) is 9.81. The molecule has 4 aromatic rings. The highest BCUT2D eigenvalue weighted by atomic mass is 15.0.